The van der Waals surface area contributed by atoms with Crippen molar-refractivity contribution in [3.63, 3.8) is 0 Å². The van der Waals surface area contributed by atoms with Gasteiger partial charge in [0.15, 0.2) is 23.2 Å². The molecule has 0 spiro atoms. The third-order valence-electron chi connectivity index (χ3n) is 4.70. The predicted molar refractivity (Wildman–Crippen MR) is 97.0 cm³/mol. The third kappa shape index (κ3) is 3.37. The number of imidazole rings is 1. The summed E-state index contributed by atoms with van der Waals surface area (Å²) < 4.78 is 7.10. The molecule has 0 aliphatic carbocycles. The second-order valence-corrected chi connectivity index (χ2v) is 6.44. The molecule has 1 fully saturated rings. The Morgan fingerprint density at radius 2 is 1.89 bits per heavy atom. The van der Waals surface area contributed by atoms with Crippen LogP contribution in [0.2, 0.25) is 0 Å². The summed E-state index contributed by atoms with van der Waals surface area (Å²) in [7, 11) is 0. The summed E-state index contributed by atoms with van der Waals surface area (Å²) in [6.07, 6.45) is -0.370. The summed E-state index contributed by atoms with van der Waals surface area (Å²) in [5, 5.41) is 32.7. The van der Waals surface area contributed by atoms with Gasteiger partial charge < -0.3 is 25.4 Å². The molecule has 0 saturated carbocycles. The highest BCUT2D eigenvalue weighted by molar-refractivity contribution is 5.82. The van der Waals surface area contributed by atoms with Crippen LogP contribution < -0.4 is 5.32 Å². The van der Waals surface area contributed by atoms with Crippen LogP contribution in [0.4, 0.5) is 5.82 Å². The predicted octanol–water partition coefficient (Wildman–Crippen LogP) is 0.0924. The lowest BCUT2D eigenvalue weighted by molar-refractivity contribution is -0.0511. The van der Waals surface area contributed by atoms with Crippen LogP contribution >= 0.6 is 0 Å². The Balaban J connectivity index is 1.53. The standard InChI is InChI=1S/C18H21N5O4/c24-8-12-14(25)15(26)18(27-12)23-10-22-13-16(20-9-21-17(13)23)19-7-6-11-4-2-1-3-5-11/h1-5,9-10,12,14-15,18,24-26H,6-8H2,(H,19,20,21)/t12-,14+,15?,18-/m1/s1. The van der Waals surface area contributed by atoms with Gasteiger partial charge in [-0.15, -0.1) is 0 Å². The SMILES string of the molecule is OC[C@H]1O[C@@H](n2cnc3c(NCCc4ccccc4)ncnc32)C(O)[C@H]1O. The molecular weight excluding hydrogens is 350 g/mol. The highest BCUT2D eigenvalue weighted by Crippen LogP contribution is 2.32. The molecule has 1 aliphatic rings. The van der Waals surface area contributed by atoms with Crippen molar-refractivity contribution < 1.29 is 20.1 Å². The Morgan fingerprint density at radius 3 is 2.63 bits per heavy atom. The summed E-state index contributed by atoms with van der Waals surface area (Å²) in [5.74, 6) is 0.585. The number of nitrogens with one attached hydrogen (secondary N) is 1. The van der Waals surface area contributed by atoms with Gasteiger partial charge in [-0.3, -0.25) is 4.57 Å². The van der Waals surface area contributed by atoms with Crippen molar-refractivity contribution in [2.45, 2.75) is 31.0 Å². The molecule has 0 radical (unpaired) electrons. The Morgan fingerprint density at radius 1 is 1.07 bits per heavy atom. The number of rotatable bonds is 6. The van der Waals surface area contributed by atoms with Crippen molar-refractivity contribution >= 4 is 17.0 Å². The van der Waals surface area contributed by atoms with E-state index in [4.69, 9.17) is 4.74 Å². The minimum Gasteiger partial charge on any atom is -0.394 e. The molecule has 4 N–H and O–H groups in total. The van der Waals surface area contributed by atoms with Crippen molar-refractivity contribution in [2.75, 3.05) is 18.5 Å². The Bertz CT molecular complexity index is 903. The first kappa shape index (κ1) is 17.8. The molecule has 1 unspecified atom stereocenters. The lowest BCUT2D eigenvalue weighted by atomic mass is 10.1. The lowest BCUT2D eigenvalue weighted by Crippen LogP contribution is -2.33. The molecule has 27 heavy (non-hydrogen) atoms. The number of benzene rings is 1. The summed E-state index contributed by atoms with van der Waals surface area (Å²) >= 11 is 0. The largest absolute Gasteiger partial charge is 0.394 e. The van der Waals surface area contributed by atoms with Gasteiger partial charge in [0.2, 0.25) is 0 Å². The van der Waals surface area contributed by atoms with E-state index < -0.39 is 24.5 Å². The summed E-state index contributed by atoms with van der Waals surface area (Å²) in [4.78, 5) is 12.8. The topological polar surface area (TPSA) is 126 Å². The number of ether oxygens (including phenoxy) is 1. The van der Waals surface area contributed by atoms with E-state index in [1.54, 1.807) is 4.57 Å². The Kier molecular flexibility index (Phi) is 4.99. The number of anilines is 1. The van der Waals surface area contributed by atoms with Gasteiger partial charge in [0.05, 0.1) is 12.9 Å². The zero-order chi connectivity index (χ0) is 18.8. The zero-order valence-electron chi connectivity index (χ0n) is 14.5. The molecular formula is C18H21N5O4. The van der Waals surface area contributed by atoms with E-state index in [-0.39, 0.29) is 6.61 Å². The molecule has 142 valence electrons. The van der Waals surface area contributed by atoms with E-state index in [9.17, 15) is 15.3 Å². The maximum absolute atomic E-state index is 10.2. The first-order chi connectivity index (χ1) is 13.2. The van der Waals surface area contributed by atoms with Gasteiger partial charge in [0.25, 0.3) is 0 Å². The van der Waals surface area contributed by atoms with E-state index >= 15 is 0 Å². The molecule has 1 aliphatic heterocycles. The van der Waals surface area contributed by atoms with Crippen LogP contribution in [0, 0.1) is 0 Å². The van der Waals surface area contributed by atoms with Gasteiger partial charge in [-0.25, -0.2) is 15.0 Å². The minimum absolute atomic E-state index is 0.386. The van der Waals surface area contributed by atoms with E-state index in [0.717, 1.165) is 6.42 Å². The number of hydrogen-bond donors (Lipinski definition) is 4. The second-order valence-electron chi connectivity index (χ2n) is 6.44. The number of hydrogen-bond acceptors (Lipinski definition) is 8. The van der Waals surface area contributed by atoms with Crippen molar-refractivity contribution in [3.05, 3.63) is 48.5 Å². The molecule has 2 aromatic heterocycles. The molecule has 0 bridgehead atoms. The number of aliphatic hydroxyl groups excluding tert-OH is 3. The maximum atomic E-state index is 10.2. The van der Waals surface area contributed by atoms with E-state index in [1.165, 1.54) is 18.2 Å². The van der Waals surface area contributed by atoms with E-state index in [2.05, 4.69) is 32.4 Å². The number of aromatic nitrogens is 4. The first-order valence-electron chi connectivity index (χ1n) is 8.77. The quantitative estimate of drug-likeness (QED) is 0.480. The molecule has 3 aromatic rings. The van der Waals surface area contributed by atoms with Crippen LogP contribution in [0.3, 0.4) is 0 Å². The fourth-order valence-electron chi connectivity index (χ4n) is 3.25. The third-order valence-corrected chi connectivity index (χ3v) is 4.70. The van der Waals surface area contributed by atoms with Gasteiger partial charge in [0, 0.05) is 6.54 Å². The first-order valence-corrected chi connectivity index (χ1v) is 8.77. The van der Waals surface area contributed by atoms with Gasteiger partial charge >= 0.3 is 0 Å². The highest BCUT2D eigenvalue weighted by Gasteiger charge is 2.44. The van der Waals surface area contributed by atoms with Gasteiger partial charge in [0.1, 0.15) is 24.6 Å². The average molecular weight is 371 g/mol. The van der Waals surface area contributed by atoms with E-state index in [1.807, 2.05) is 18.2 Å². The van der Waals surface area contributed by atoms with Crippen LogP contribution in [-0.4, -0.2) is 66.3 Å². The van der Waals surface area contributed by atoms with Crippen LogP contribution in [0.15, 0.2) is 43.0 Å². The lowest BCUT2D eigenvalue weighted by Gasteiger charge is -2.16. The minimum atomic E-state index is -1.19. The van der Waals surface area contributed by atoms with Crippen LogP contribution in [0.5, 0.6) is 0 Å². The molecule has 4 atom stereocenters. The molecule has 3 heterocycles. The second kappa shape index (κ2) is 7.57. The molecule has 9 nitrogen and oxygen atoms in total. The normalized spacial score (nSPS) is 25.1. The number of fused-ring (bicyclic) bond motifs is 1. The van der Waals surface area contributed by atoms with Gasteiger partial charge in [-0.05, 0) is 12.0 Å². The van der Waals surface area contributed by atoms with Crippen LogP contribution in [-0.2, 0) is 11.2 Å². The number of aliphatic hydroxyl groups is 3. The summed E-state index contributed by atoms with van der Waals surface area (Å²) in [5.41, 5.74) is 2.23. The zero-order valence-corrected chi connectivity index (χ0v) is 14.5. The average Bonchev–Trinajstić information content (AvgIpc) is 3.25. The fourth-order valence-corrected chi connectivity index (χ4v) is 3.25. The Labute approximate surface area is 155 Å². The summed E-state index contributed by atoms with van der Waals surface area (Å²) in [6, 6.07) is 10.1. The van der Waals surface area contributed by atoms with Crippen LogP contribution in [0.25, 0.3) is 11.2 Å². The van der Waals surface area contributed by atoms with E-state index in [0.29, 0.717) is 23.5 Å². The highest BCUT2D eigenvalue weighted by atomic mass is 16.6. The Hall–Kier alpha value is -2.59. The van der Waals surface area contributed by atoms with Crippen molar-refractivity contribution in [2.24, 2.45) is 0 Å². The van der Waals surface area contributed by atoms with Crippen LogP contribution in [0.1, 0.15) is 11.8 Å². The maximum Gasteiger partial charge on any atom is 0.167 e. The fraction of sp³-hybridized carbons (Fsp3) is 0.389. The molecule has 1 aromatic carbocycles. The smallest absolute Gasteiger partial charge is 0.167 e. The molecule has 1 saturated heterocycles. The van der Waals surface area contributed by atoms with Crippen molar-refractivity contribution in [3.8, 4) is 0 Å². The molecule has 9 heteroatoms. The van der Waals surface area contributed by atoms with Crippen molar-refractivity contribution in [1.82, 2.24) is 19.5 Å². The molecule has 4 rings (SSSR count). The number of nitrogens with zero attached hydrogens (tertiary/aromatic N) is 4. The summed E-state index contributed by atoms with van der Waals surface area (Å²) in [6.45, 7) is 0.291. The van der Waals surface area contributed by atoms with Gasteiger partial charge in [-0.1, -0.05) is 30.3 Å². The van der Waals surface area contributed by atoms with Gasteiger partial charge in [-0.2, -0.15) is 0 Å². The molecule has 0 amide bonds. The van der Waals surface area contributed by atoms with Crippen molar-refractivity contribution in [1.29, 1.82) is 0 Å². The monoisotopic (exact) mass is 371 g/mol.